The highest BCUT2D eigenvalue weighted by Gasteiger charge is 2.16. The summed E-state index contributed by atoms with van der Waals surface area (Å²) in [4.78, 5) is 16.0. The molecule has 108 valence electrons. The summed E-state index contributed by atoms with van der Waals surface area (Å²) in [5.74, 6) is 1.68. The molecule has 1 aromatic carbocycles. The van der Waals surface area contributed by atoms with Gasteiger partial charge >= 0.3 is 0 Å². The Morgan fingerprint density at radius 1 is 1.29 bits per heavy atom. The first-order valence-corrected chi connectivity index (χ1v) is 6.95. The zero-order valence-corrected chi connectivity index (χ0v) is 12.0. The predicted molar refractivity (Wildman–Crippen MR) is 77.7 cm³/mol. The number of carbonyl (C=O) groups excluding carboxylic acids is 1. The van der Waals surface area contributed by atoms with Crippen LogP contribution in [-0.4, -0.2) is 15.9 Å². The van der Waals surface area contributed by atoms with Gasteiger partial charge in [0.15, 0.2) is 5.76 Å². The van der Waals surface area contributed by atoms with E-state index < -0.39 is 0 Å². The molecule has 5 nitrogen and oxygen atoms in total. The van der Waals surface area contributed by atoms with Crippen LogP contribution < -0.4 is 0 Å². The van der Waals surface area contributed by atoms with E-state index in [-0.39, 0.29) is 12.2 Å². The molecule has 3 aromatic rings. The van der Waals surface area contributed by atoms with Gasteiger partial charge in [0.05, 0.1) is 6.42 Å². The first-order chi connectivity index (χ1) is 10.1. The third kappa shape index (κ3) is 3.02. The Balaban J connectivity index is 1.79. The van der Waals surface area contributed by atoms with E-state index in [4.69, 9.17) is 8.94 Å². The fraction of sp³-hybridized carbons (Fsp3) is 0.312. The molecule has 0 saturated heterocycles. The van der Waals surface area contributed by atoms with Crippen LogP contribution in [0.25, 0.3) is 22.6 Å². The van der Waals surface area contributed by atoms with E-state index in [9.17, 15) is 4.79 Å². The van der Waals surface area contributed by atoms with Crippen molar-refractivity contribution in [3.05, 3.63) is 36.2 Å². The van der Waals surface area contributed by atoms with Gasteiger partial charge in [-0.2, -0.15) is 4.98 Å². The fourth-order valence-electron chi connectivity index (χ4n) is 2.22. The van der Waals surface area contributed by atoms with Gasteiger partial charge in [0.1, 0.15) is 11.4 Å². The van der Waals surface area contributed by atoms with Crippen molar-refractivity contribution in [1.29, 1.82) is 0 Å². The molecule has 2 heterocycles. The van der Waals surface area contributed by atoms with Gasteiger partial charge in [-0.1, -0.05) is 37.2 Å². The second-order valence-electron chi connectivity index (χ2n) is 5.47. The Morgan fingerprint density at radius 3 is 2.86 bits per heavy atom. The molecule has 0 saturated carbocycles. The Kier molecular flexibility index (Phi) is 3.56. The topological polar surface area (TPSA) is 69.1 Å². The normalized spacial score (nSPS) is 11.4. The monoisotopic (exact) mass is 284 g/mol. The third-order valence-electron chi connectivity index (χ3n) is 3.10. The van der Waals surface area contributed by atoms with Crippen molar-refractivity contribution in [3.8, 4) is 11.6 Å². The second-order valence-corrected chi connectivity index (χ2v) is 5.47. The van der Waals surface area contributed by atoms with Gasteiger partial charge in [-0.05, 0) is 18.1 Å². The highest BCUT2D eigenvalue weighted by molar-refractivity contribution is 5.82. The molecule has 2 aromatic heterocycles. The van der Waals surface area contributed by atoms with Crippen molar-refractivity contribution in [2.45, 2.75) is 26.7 Å². The number of furan rings is 1. The van der Waals surface area contributed by atoms with Crippen molar-refractivity contribution >= 4 is 16.8 Å². The standard InChI is InChI=1S/C16H16N2O3/c1-10(2)7-12(19)9-15-17-16(18-21-15)14-8-11-5-3-4-6-13(11)20-14/h3-6,8,10H,7,9H2,1-2H3. The number of hydrogen-bond donors (Lipinski definition) is 0. The van der Waals surface area contributed by atoms with Gasteiger partial charge in [-0.25, -0.2) is 0 Å². The number of carbonyl (C=O) groups is 1. The summed E-state index contributed by atoms with van der Waals surface area (Å²) in [5.41, 5.74) is 0.773. The zero-order chi connectivity index (χ0) is 14.8. The molecular formula is C16H16N2O3. The smallest absolute Gasteiger partial charge is 0.238 e. The number of fused-ring (bicyclic) bond motifs is 1. The van der Waals surface area contributed by atoms with E-state index in [1.165, 1.54) is 0 Å². The van der Waals surface area contributed by atoms with Gasteiger partial charge in [-0.3, -0.25) is 4.79 Å². The maximum absolute atomic E-state index is 11.8. The number of para-hydroxylation sites is 1. The van der Waals surface area contributed by atoms with Crippen molar-refractivity contribution in [1.82, 2.24) is 10.1 Å². The zero-order valence-electron chi connectivity index (χ0n) is 12.0. The summed E-state index contributed by atoms with van der Waals surface area (Å²) >= 11 is 0. The van der Waals surface area contributed by atoms with Crippen molar-refractivity contribution in [2.75, 3.05) is 0 Å². The average Bonchev–Trinajstić information content (AvgIpc) is 3.03. The molecule has 0 fully saturated rings. The molecule has 0 spiro atoms. The number of Topliss-reactive ketones (excluding diaryl/α,β-unsaturated/α-hetero) is 1. The van der Waals surface area contributed by atoms with E-state index >= 15 is 0 Å². The molecule has 0 radical (unpaired) electrons. The number of aromatic nitrogens is 2. The van der Waals surface area contributed by atoms with Crippen LogP contribution in [0.1, 0.15) is 26.2 Å². The van der Waals surface area contributed by atoms with Crippen LogP contribution >= 0.6 is 0 Å². The van der Waals surface area contributed by atoms with Crippen molar-refractivity contribution in [3.63, 3.8) is 0 Å². The van der Waals surface area contributed by atoms with Crippen LogP contribution in [0.2, 0.25) is 0 Å². The van der Waals surface area contributed by atoms with Crippen LogP contribution in [0.15, 0.2) is 39.3 Å². The summed E-state index contributed by atoms with van der Waals surface area (Å²) in [6, 6.07) is 9.54. The van der Waals surface area contributed by atoms with Crippen LogP contribution in [0.3, 0.4) is 0 Å². The Bertz CT molecular complexity index is 738. The lowest BCUT2D eigenvalue weighted by atomic mass is 10.1. The summed E-state index contributed by atoms with van der Waals surface area (Å²) in [6.07, 6.45) is 0.688. The SMILES string of the molecule is CC(C)CC(=O)Cc1nc(-c2cc3ccccc3o2)no1. The minimum absolute atomic E-state index is 0.102. The first-order valence-electron chi connectivity index (χ1n) is 6.95. The molecular weight excluding hydrogens is 268 g/mol. The third-order valence-corrected chi connectivity index (χ3v) is 3.10. The molecule has 0 bridgehead atoms. The molecule has 3 rings (SSSR count). The maximum Gasteiger partial charge on any atom is 0.238 e. The molecule has 0 aliphatic carbocycles. The van der Waals surface area contributed by atoms with E-state index in [0.717, 1.165) is 11.0 Å². The number of ketones is 1. The van der Waals surface area contributed by atoms with E-state index in [1.807, 2.05) is 44.2 Å². The van der Waals surface area contributed by atoms with Crippen LogP contribution in [0, 0.1) is 5.92 Å². The summed E-state index contributed by atoms with van der Waals surface area (Å²) in [7, 11) is 0. The highest BCUT2D eigenvalue weighted by atomic mass is 16.5. The molecule has 21 heavy (non-hydrogen) atoms. The van der Waals surface area contributed by atoms with E-state index in [2.05, 4.69) is 10.1 Å². The first kappa shape index (κ1) is 13.5. The molecule has 0 atom stereocenters. The van der Waals surface area contributed by atoms with Crippen LogP contribution in [0.5, 0.6) is 0 Å². The van der Waals surface area contributed by atoms with E-state index in [1.54, 1.807) is 0 Å². The Hall–Kier alpha value is -2.43. The van der Waals surface area contributed by atoms with Gasteiger partial charge < -0.3 is 8.94 Å². The number of rotatable bonds is 5. The number of hydrogen-bond acceptors (Lipinski definition) is 5. The van der Waals surface area contributed by atoms with Gasteiger partial charge in [0.25, 0.3) is 0 Å². The van der Waals surface area contributed by atoms with Crippen LogP contribution in [0.4, 0.5) is 0 Å². The number of nitrogens with zero attached hydrogens (tertiary/aromatic N) is 2. The van der Waals surface area contributed by atoms with Gasteiger partial charge in [0, 0.05) is 11.8 Å². The van der Waals surface area contributed by atoms with Crippen molar-refractivity contribution in [2.24, 2.45) is 5.92 Å². The average molecular weight is 284 g/mol. The second kappa shape index (κ2) is 5.52. The highest BCUT2D eigenvalue weighted by Crippen LogP contribution is 2.25. The lowest BCUT2D eigenvalue weighted by molar-refractivity contribution is -0.119. The molecule has 0 N–H and O–H groups in total. The molecule has 0 aliphatic heterocycles. The fourth-order valence-corrected chi connectivity index (χ4v) is 2.22. The number of benzene rings is 1. The summed E-state index contributed by atoms with van der Waals surface area (Å²) in [5, 5.41) is 4.86. The van der Waals surface area contributed by atoms with E-state index in [0.29, 0.717) is 29.8 Å². The largest absolute Gasteiger partial charge is 0.453 e. The quantitative estimate of drug-likeness (QED) is 0.715. The lowest BCUT2D eigenvalue weighted by Gasteiger charge is -1.99. The minimum Gasteiger partial charge on any atom is -0.453 e. The summed E-state index contributed by atoms with van der Waals surface area (Å²) in [6.45, 7) is 4.01. The predicted octanol–water partition coefficient (Wildman–Crippen LogP) is 3.64. The minimum atomic E-state index is 0.102. The van der Waals surface area contributed by atoms with Crippen LogP contribution in [-0.2, 0) is 11.2 Å². The molecule has 5 heteroatoms. The maximum atomic E-state index is 11.8. The summed E-state index contributed by atoms with van der Waals surface area (Å²) < 4.78 is 10.8. The molecule has 0 amide bonds. The van der Waals surface area contributed by atoms with Gasteiger partial charge in [0.2, 0.25) is 11.7 Å². The van der Waals surface area contributed by atoms with Gasteiger partial charge in [-0.15, -0.1) is 0 Å². The molecule has 0 unspecified atom stereocenters. The Labute approximate surface area is 122 Å². The van der Waals surface area contributed by atoms with Crippen molar-refractivity contribution < 1.29 is 13.7 Å². The Morgan fingerprint density at radius 2 is 2.10 bits per heavy atom. The molecule has 0 aliphatic rings. The lowest BCUT2D eigenvalue weighted by Crippen LogP contribution is -2.06.